The second-order valence-corrected chi connectivity index (χ2v) is 5.84. The number of nitrogens with one attached hydrogen (secondary N) is 2. The molecule has 0 spiro atoms. The van der Waals surface area contributed by atoms with Gasteiger partial charge in [-0.05, 0) is 38.1 Å². The number of aliphatic hydroxyl groups is 1. The van der Waals surface area contributed by atoms with Crippen molar-refractivity contribution in [2.75, 3.05) is 19.7 Å². The molecule has 0 aromatic rings. The van der Waals surface area contributed by atoms with Crippen molar-refractivity contribution in [3.63, 3.8) is 0 Å². The van der Waals surface area contributed by atoms with Crippen LogP contribution in [0, 0.1) is 11.8 Å². The lowest BCUT2D eigenvalue weighted by Gasteiger charge is -2.18. The van der Waals surface area contributed by atoms with Gasteiger partial charge in [0, 0.05) is 12.5 Å². The van der Waals surface area contributed by atoms with E-state index in [1.807, 2.05) is 0 Å². The quantitative estimate of drug-likeness (QED) is 0.605. The molecule has 2 aliphatic carbocycles. The van der Waals surface area contributed by atoms with E-state index in [2.05, 4.69) is 10.6 Å². The molecule has 102 valence electrons. The Morgan fingerprint density at radius 1 is 1.22 bits per heavy atom. The lowest BCUT2D eigenvalue weighted by Crippen LogP contribution is -2.45. The molecule has 18 heavy (non-hydrogen) atoms. The standard InChI is InChI=1S/C13H22N2O3/c16-12-10(14-5-8-1-2-8)7-18-11(12)6-15-13(17)9-3-4-9/h8-12,14,16H,1-7H2,(H,15,17). The predicted molar refractivity (Wildman–Crippen MR) is 66.0 cm³/mol. The van der Waals surface area contributed by atoms with Crippen molar-refractivity contribution in [3.05, 3.63) is 0 Å². The normalized spacial score (nSPS) is 35.7. The summed E-state index contributed by atoms with van der Waals surface area (Å²) >= 11 is 0. The van der Waals surface area contributed by atoms with Crippen LogP contribution >= 0.6 is 0 Å². The maximum absolute atomic E-state index is 11.5. The van der Waals surface area contributed by atoms with E-state index in [0.29, 0.717) is 13.2 Å². The second-order valence-electron chi connectivity index (χ2n) is 5.84. The number of hydrogen-bond acceptors (Lipinski definition) is 4. The van der Waals surface area contributed by atoms with Crippen LogP contribution in [-0.2, 0) is 9.53 Å². The summed E-state index contributed by atoms with van der Waals surface area (Å²) in [6.45, 7) is 1.95. The summed E-state index contributed by atoms with van der Waals surface area (Å²) in [5.74, 6) is 1.12. The maximum atomic E-state index is 11.5. The summed E-state index contributed by atoms with van der Waals surface area (Å²) in [5, 5.41) is 16.3. The Bertz CT molecular complexity index is 315. The largest absolute Gasteiger partial charge is 0.389 e. The van der Waals surface area contributed by atoms with Crippen LogP contribution in [0.3, 0.4) is 0 Å². The molecule has 0 bridgehead atoms. The molecule has 2 saturated carbocycles. The topological polar surface area (TPSA) is 70.6 Å². The lowest BCUT2D eigenvalue weighted by molar-refractivity contribution is -0.123. The molecule has 5 heteroatoms. The number of hydrogen-bond donors (Lipinski definition) is 3. The summed E-state index contributed by atoms with van der Waals surface area (Å²) < 4.78 is 5.55. The zero-order valence-corrected chi connectivity index (χ0v) is 10.6. The average Bonchev–Trinajstić information content (AvgIpc) is 3.25. The van der Waals surface area contributed by atoms with E-state index >= 15 is 0 Å². The first kappa shape index (κ1) is 12.4. The maximum Gasteiger partial charge on any atom is 0.223 e. The van der Waals surface area contributed by atoms with E-state index in [1.165, 1.54) is 12.8 Å². The van der Waals surface area contributed by atoms with Crippen molar-refractivity contribution >= 4 is 5.91 Å². The van der Waals surface area contributed by atoms with Gasteiger partial charge in [0.25, 0.3) is 0 Å². The summed E-state index contributed by atoms with van der Waals surface area (Å²) in [4.78, 5) is 11.5. The summed E-state index contributed by atoms with van der Waals surface area (Å²) in [5.41, 5.74) is 0. The molecule has 3 N–H and O–H groups in total. The Morgan fingerprint density at radius 2 is 2.00 bits per heavy atom. The van der Waals surface area contributed by atoms with E-state index in [-0.39, 0.29) is 24.0 Å². The molecule has 3 atom stereocenters. The highest BCUT2D eigenvalue weighted by atomic mass is 16.5. The van der Waals surface area contributed by atoms with Crippen molar-refractivity contribution in [2.24, 2.45) is 11.8 Å². The number of aliphatic hydroxyl groups excluding tert-OH is 1. The summed E-state index contributed by atoms with van der Waals surface area (Å²) in [6.07, 6.45) is 3.85. The Hall–Kier alpha value is -0.650. The zero-order chi connectivity index (χ0) is 12.5. The van der Waals surface area contributed by atoms with Gasteiger partial charge in [0.1, 0.15) is 6.10 Å². The monoisotopic (exact) mass is 254 g/mol. The van der Waals surface area contributed by atoms with Crippen LogP contribution in [0.15, 0.2) is 0 Å². The zero-order valence-electron chi connectivity index (χ0n) is 10.6. The average molecular weight is 254 g/mol. The molecule has 1 aliphatic heterocycles. The van der Waals surface area contributed by atoms with E-state index in [0.717, 1.165) is 25.3 Å². The first-order valence-corrected chi connectivity index (χ1v) is 7.05. The Morgan fingerprint density at radius 3 is 2.67 bits per heavy atom. The van der Waals surface area contributed by atoms with Gasteiger partial charge in [0.15, 0.2) is 0 Å². The van der Waals surface area contributed by atoms with Gasteiger partial charge in [-0.25, -0.2) is 0 Å². The van der Waals surface area contributed by atoms with E-state index < -0.39 is 6.10 Å². The minimum Gasteiger partial charge on any atom is -0.389 e. The first-order chi connectivity index (χ1) is 8.74. The van der Waals surface area contributed by atoms with Gasteiger partial charge in [0.05, 0.1) is 18.8 Å². The molecule has 3 aliphatic rings. The van der Waals surface area contributed by atoms with Crippen LogP contribution in [-0.4, -0.2) is 49.0 Å². The third-order valence-corrected chi connectivity index (χ3v) is 4.07. The van der Waals surface area contributed by atoms with Crippen LogP contribution < -0.4 is 10.6 Å². The fourth-order valence-corrected chi connectivity index (χ4v) is 2.37. The fraction of sp³-hybridized carbons (Fsp3) is 0.923. The van der Waals surface area contributed by atoms with Gasteiger partial charge in [-0.3, -0.25) is 4.79 Å². The smallest absolute Gasteiger partial charge is 0.223 e. The van der Waals surface area contributed by atoms with Gasteiger partial charge < -0.3 is 20.5 Å². The predicted octanol–water partition coefficient (Wildman–Crippen LogP) is -0.359. The number of ether oxygens (including phenoxy) is 1. The van der Waals surface area contributed by atoms with Crippen LogP contribution in [0.1, 0.15) is 25.7 Å². The molecule has 0 aromatic carbocycles. The highest BCUT2D eigenvalue weighted by Crippen LogP contribution is 2.29. The molecular formula is C13H22N2O3. The summed E-state index contributed by atoms with van der Waals surface area (Å²) in [7, 11) is 0. The highest BCUT2D eigenvalue weighted by molar-refractivity contribution is 5.80. The van der Waals surface area contributed by atoms with Crippen LogP contribution in [0.25, 0.3) is 0 Å². The van der Waals surface area contributed by atoms with Crippen LogP contribution in [0.2, 0.25) is 0 Å². The van der Waals surface area contributed by atoms with Crippen LogP contribution in [0.4, 0.5) is 0 Å². The molecule has 0 radical (unpaired) electrons. The van der Waals surface area contributed by atoms with Crippen molar-refractivity contribution in [1.29, 1.82) is 0 Å². The molecule has 1 amide bonds. The molecule has 1 saturated heterocycles. The Labute approximate surface area is 107 Å². The molecular weight excluding hydrogens is 232 g/mol. The SMILES string of the molecule is O=C(NCC1OCC(NCC2CC2)C1O)C1CC1. The first-order valence-electron chi connectivity index (χ1n) is 7.05. The minimum atomic E-state index is -0.511. The van der Waals surface area contributed by atoms with Gasteiger partial charge in [0.2, 0.25) is 5.91 Å². The fourth-order valence-electron chi connectivity index (χ4n) is 2.37. The van der Waals surface area contributed by atoms with Gasteiger partial charge in [-0.1, -0.05) is 0 Å². The third-order valence-electron chi connectivity index (χ3n) is 4.07. The second kappa shape index (κ2) is 5.15. The third kappa shape index (κ3) is 3.02. The lowest BCUT2D eigenvalue weighted by atomic mass is 10.1. The van der Waals surface area contributed by atoms with E-state index in [1.54, 1.807) is 0 Å². The van der Waals surface area contributed by atoms with E-state index in [9.17, 15) is 9.90 Å². The summed E-state index contributed by atoms with van der Waals surface area (Å²) in [6, 6.07) is 0.0217. The molecule has 3 rings (SSSR count). The van der Waals surface area contributed by atoms with Crippen molar-refractivity contribution in [3.8, 4) is 0 Å². The molecule has 1 heterocycles. The van der Waals surface area contributed by atoms with Crippen LogP contribution in [0.5, 0.6) is 0 Å². The molecule has 3 fully saturated rings. The van der Waals surface area contributed by atoms with Gasteiger partial charge >= 0.3 is 0 Å². The number of amides is 1. The molecule has 3 unspecified atom stereocenters. The van der Waals surface area contributed by atoms with Gasteiger partial charge in [-0.2, -0.15) is 0 Å². The van der Waals surface area contributed by atoms with Crippen molar-refractivity contribution < 1.29 is 14.6 Å². The van der Waals surface area contributed by atoms with Crippen molar-refractivity contribution in [1.82, 2.24) is 10.6 Å². The Balaban J connectivity index is 1.38. The Kier molecular flexibility index (Phi) is 3.54. The van der Waals surface area contributed by atoms with E-state index in [4.69, 9.17) is 4.74 Å². The number of carbonyl (C=O) groups excluding carboxylic acids is 1. The molecule has 0 aromatic heterocycles. The highest BCUT2D eigenvalue weighted by Gasteiger charge is 2.37. The molecule has 5 nitrogen and oxygen atoms in total. The van der Waals surface area contributed by atoms with Gasteiger partial charge in [-0.15, -0.1) is 0 Å². The minimum absolute atomic E-state index is 0.0217. The number of rotatable bonds is 6. The van der Waals surface area contributed by atoms with Crippen molar-refractivity contribution in [2.45, 2.75) is 43.9 Å². The number of carbonyl (C=O) groups is 1.